The predicted molar refractivity (Wildman–Crippen MR) is 220 cm³/mol. The lowest BCUT2D eigenvalue weighted by Crippen LogP contribution is -2.26. The van der Waals surface area contributed by atoms with Crippen molar-refractivity contribution in [2.45, 2.75) is 77.6 Å². The zero-order valence-corrected chi connectivity index (χ0v) is 30.9. The molecule has 51 heavy (non-hydrogen) atoms. The van der Waals surface area contributed by atoms with Crippen LogP contribution in [0.1, 0.15) is 81.9 Å². The van der Waals surface area contributed by atoms with Gasteiger partial charge in [0.1, 0.15) is 0 Å². The van der Waals surface area contributed by atoms with Gasteiger partial charge in [0.25, 0.3) is 0 Å². The largest absolute Gasteiger partial charge is 0.345 e. The minimum atomic E-state index is 0.0514. The number of hydrogen-bond acceptors (Lipinski definition) is 2. The SMILES string of the molecule is CCCCCC1(CCCCC)c2ccccc2-c2ccc(N(c3ccc(C)cc3)c3ccc(-c4ccc(N(C)c5ccccc5)cc4)cc3)cc21. The minimum absolute atomic E-state index is 0.0514. The molecule has 0 aromatic heterocycles. The molecule has 0 saturated carbocycles. The maximum Gasteiger partial charge on any atom is 0.0465 e. The Morgan fingerprint density at radius 3 is 1.55 bits per heavy atom. The van der Waals surface area contributed by atoms with E-state index in [4.69, 9.17) is 0 Å². The Bertz CT molecular complexity index is 2010. The predicted octanol–water partition coefficient (Wildman–Crippen LogP) is 14.3. The number of nitrogens with zero attached hydrogens (tertiary/aromatic N) is 2. The summed E-state index contributed by atoms with van der Waals surface area (Å²) in [6.07, 6.45) is 9.97. The fourth-order valence-corrected chi connectivity index (χ4v) is 8.22. The summed E-state index contributed by atoms with van der Waals surface area (Å²) < 4.78 is 0. The lowest BCUT2D eigenvalue weighted by molar-refractivity contribution is 0.405. The van der Waals surface area contributed by atoms with Crippen LogP contribution in [0.2, 0.25) is 0 Å². The van der Waals surface area contributed by atoms with Gasteiger partial charge in [-0.3, -0.25) is 0 Å². The Morgan fingerprint density at radius 2 is 0.941 bits per heavy atom. The number of rotatable bonds is 14. The second-order valence-electron chi connectivity index (χ2n) is 14.4. The first-order valence-electron chi connectivity index (χ1n) is 19.1. The van der Waals surface area contributed by atoms with E-state index >= 15 is 0 Å². The topological polar surface area (TPSA) is 6.48 Å². The molecule has 2 heteroatoms. The highest BCUT2D eigenvalue weighted by Crippen LogP contribution is 2.55. The summed E-state index contributed by atoms with van der Waals surface area (Å²) in [7, 11) is 2.12. The summed E-state index contributed by atoms with van der Waals surface area (Å²) in [5.74, 6) is 0. The Morgan fingerprint density at radius 1 is 0.451 bits per heavy atom. The number of fused-ring (bicyclic) bond motifs is 3. The lowest BCUT2D eigenvalue weighted by Gasteiger charge is -2.34. The number of aryl methyl sites for hydroxylation is 1. The van der Waals surface area contributed by atoms with Crippen molar-refractivity contribution in [1.82, 2.24) is 0 Å². The standard InChI is InChI=1S/C49H52N2/c1-5-7-14-34-49(35-15-8-6-2)47-19-13-12-18-45(47)46-33-32-44(36-48(46)49)51(42-26-20-37(3)21-27-42)43-30-24-39(25-31-43)38-22-28-41(29-23-38)50(4)40-16-10-9-11-17-40/h9-13,16-33,36H,5-8,14-15,34-35H2,1-4H3. The van der Waals surface area contributed by atoms with Gasteiger partial charge in [-0.1, -0.05) is 143 Å². The molecule has 0 atom stereocenters. The molecule has 6 aromatic rings. The Labute approximate surface area is 306 Å². The second-order valence-corrected chi connectivity index (χ2v) is 14.4. The molecule has 0 fully saturated rings. The molecule has 6 aromatic carbocycles. The molecule has 0 bridgehead atoms. The van der Waals surface area contributed by atoms with Gasteiger partial charge in [-0.05, 0) is 114 Å². The number of benzene rings is 6. The van der Waals surface area contributed by atoms with Crippen molar-refractivity contribution in [3.63, 3.8) is 0 Å². The van der Waals surface area contributed by atoms with E-state index in [9.17, 15) is 0 Å². The fourth-order valence-electron chi connectivity index (χ4n) is 8.22. The molecule has 0 aliphatic heterocycles. The summed E-state index contributed by atoms with van der Waals surface area (Å²) in [6, 6.07) is 54.1. The summed E-state index contributed by atoms with van der Waals surface area (Å²) in [4.78, 5) is 4.68. The van der Waals surface area contributed by atoms with Crippen LogP contribution in [-0.4, -0.2) is 7.05 Å². The van der Waals surface area contributed by atoms with Gasteiger partial charge in [0.05, 0.1) is 0 Å². The van der Waals surface area contributed by atoms with E-state index in [-0.39, 0.29) is 5.41 Å². The Kier molecular flexibility index (Phi) is 10.4. The first-order chi connectivity index (χ1) is 25.0. The van der Waals surface area contributed by atoms with E-state index in [1.807, 2.05) is 0 Å². The van der Waals surface area contributed by atoms with Gasteiger partial charge in [-0.2, -0.15) is 0 Å². The van der Waals surface area contributed by atoms with Crippen molar-refractivity contribution < 1.29 is 0 Å². The first kappa shape index (κ1) is 34.4. The molecule has 7 rings (SSSR count). The van der Waals surface area contributed by atoms with Crippen molar-refractivity contribution >= 4 is 28.4 Å². The second kappa shape index (κ2) is 15.4. The van der Waals surface area contributed by atoms with Crippen LogP contribution in [-0.2, 0) is 5.41 Å². The molecule has 1 aliphatic carbocycles. The average Bonchev–Trinajstić information content (AvgIpc) is 3.45. The Hall–Kier alpha value is -5.08. The van der Waals surface area contributed by atoms with Crippen LogP contribution >= 0.6 is 0 Å². The average molecular weight is 669 g/mol. The van der Waals surface area contributed by atoms with Crippen LogP contribution in [0.5, 0.6) is 0 Å². The summed E-state index contributed by atoms with van der Waals surface area (Å²) in [5.41, 5.74) is 15.6. The van der Waals surface area contributed by atoms with E-state index in [1.54, 1.807) is 0 Å². The molecular formula is C49H52N2. The molecule has 2 nitrogen and oxygen atoms in total. The summed E-state index contributed by atoms with van der Waals surface area (Å²) in [6.45, 7) is 6.81. The van der Waals surface area contributed by atoms with E-state index < -0.39 is 0 Å². The van der Waals surface area contributed by atoms with Gasteiger partial charge >= 0.3 is 0 Å². The molecule has 0 unspecified atom stereocenters. The highest BCUT2D eigenvalue weighted by Gasteiger charge is 2.42. The van der Waals surface area contributed by atoms with Crippen LogP contribution in [0.15, 0.2) is 146 Å². The van der Waals surface area contributed by atoms with Crippen LogP contribution in [0.3, 0.4) is 0 Å². The molecule has 0 radical (unpaired) electrons. The number of unbranched alkanes of at least 4 members (excludes halogenated alkanes) is 4. The van der Waals surface area contributed by atoms with Crippen molar-refractivity contribution in [3.05, 3.63) is 162 Å². The first-order valence-corrected chi connectivity index (χ1v) is 19.1. The normalized spacial score (nSPS) is 12.7. The molecule has 1 aliphatic rings. The van der Waals surface area contributed by atoms with Gasteiger partial charge < -0.3 is 9.80 Å². The quantitative estimate of drug-likeness (QED) is 0.107. The third-order valence-corrected chi connectivity index (χ3v) is 11.1. The van der Waals surface area contributed by atoms with Gasteiger partial charge in [0.2, 0.25) is 0 Å². The molecule has 0 N–H and O–H groups in total. The number of anilines is 5. The van der Waals surface area contributed by atoms with Crippen molar-refractivity contribution in [2.24, 2.45) is 0 Å². The van der Waals surface area contributed by atoms with Gasteiger partial charge in [-0.15, -0.1) is 0 Å². The third-order valence-electron chi connectivity index (χ3n) is 11.1. The van der Waals surface area contributed by atoms with Crippen LogP contribution in [0.4, 0.5) is 28.4 Å². The highest BCUT2D eigenvalue weighted by molar-refractivity contribution is 5.86. The van der Waals surface area contributed by atoms with E-state index in [1.165, 1.54) is 119 Å². The van der Waals surface area contributed by atoms with Gasteiger partial charge in [0.15, 0.2) is 0 Å². The van der Waals surface area contributed by atoms with Crippen LogP contribution in [0.25, 0.3) is 22.3 Å². The Balaban J connectivity index is 1.26. The van der Waals surface area contributed by atoms with Gasteiger partial charge in [-0.25, -0.2) is 0 Å². The smallest absolute Gasteiger partial charge is 0.0465 e. The fraction of sp³-hybridized carbons (Fsp3) is 0.265. The number of para-hydroxylation sites is 1. The summed E-state index contributed by atoms with van der Waals surface area (Å²) in [5, 5.41) is 0. The molecule has 0 amide bonds. The molecule has 0 saturated heterocycles. The zero-order valence-electron chi connectivity index (χ0n) is 30.9. The van der Waals surface area contributed by atoms with Gasteiger partial charge in [0, 0.05) is 40.9 Å². The monoisotopic (exact) mass is 668 g/mol. The molecule has 0 heterocycles. The number of hydrogen-bond donors (Lipinski definition) is 0. The van der Waals surface area contributed by atoms with Crippen molar-refractivity contribution in [3.8, 4) is 22.3 Å². The van der Waals surface area contributed by atoms with Crippen molar-refractivity contribution in [1.29, 1.82) is 0 Å². The van der Waals surface area contributed by atoms with Crippen LogP contribution in [0, 0.1) is 6.92 Å². The molecule has 258 valence electrons. The van der Waals surface area contributed by atoms with Crippen LogP contribution < -0.4 is 9.80 Å². The summed E-state index contributed by atoms with van der Waals surface area (Å²) >= 11 is 0. The molecular weight excluding hydrogens is 617 g/mol. The highest BCUT2D eigenvalue weighted by atomic mass is 15.1. The maximum absolute atomic E-state index is 2.54. The van der Waals surface area contributed by atoms with E-state index in [0.29, 0.717) is 0 Å². The van der Waals surface area contributed by atoms with E-state index in [2.05, 4.69) is 183 Å². The van der Waals surface area contributed by atoms with Crippen molar-refractivity contribution in [2.75, 3.05) is 16.8 Å². The minimum Gasteiger partial charge on any atom is -0.345 e. The molecule has 0 spiro atoms. The zero-order chi connectivity index (χ0) is 35.2. The maximum atomic E-state index is 2.54. The lowest BCUT2D eigenvalue weighted by atomic mass is 9.70. The van der Waals surface area contributed by atoms with E-state index in [0.717, 1.165) is 0 Å². The third kappa shape index (κ3) is 6.97.